The molecule has 3 aromatic carbocycles. The van der Waals surface area contributed by atoms with Gasteiger partial charge in [-0.3, -0.25) is 91.7 Å². The highest BCUT2D eigenvalue weighted by Gasteiger charge is 2.47. The van der Waals surface area contributed by atoms with Gasteiger partial charge in [-0.05, 0) is 86.4 Å². The molecule has 0 aliphatic carbocycles. The number of hydrogen-bond donors (Lipinski definition) is 22. The lowest BCUT2D eigenvalue weighted by atomic mass is 10.00. The van der Waals surface area contributed by atoms with Crippen molar-refractivity contribution in [1.29, 1.82) is 5.41 Å². The Hall–Kier alpha value is -14.3. The summed E-state index contributed by atoms with van der Waals surface area (Å²) in [4.78, 5) is 281. The highest BCUT2D eigenvalue weighted by Crippen LogP contribution is 2.28. The second-order valence-corrected chi connectivity index (χ2v) is 35.0. The van der Waals surface area contributed by atoms with Crippen LogP contribution in [0.4, 0.5) is 0 Å². The van der Waals surface area contributed by atoms with Crippen LogP contribution in [0.15, 0.2) is 97.7 Å². The molecule has 736 valence electrons. The third kappa shape index (κ3) is 29.1. The molecule has 6 heterocycles. The molecule has 9 rings (SSSR count). The van der Waals surface area contributed by atoms with E-state index in [1.807, 2.05) is 13.8 Å². The Morgan fingerprint density at radius 1 is 0.522 bits per heavy atom. The van der Waals surface area contributed by atoms with Gasteiger partial charge in [0.1, 0.15) is 90.3 Å². The fraction of sp³-hybridized carbons (Fsp3) is 0.506. The number of phenols is 1. The number of carbonyl (C=O) groups excluding carboxylic acids is 18. The van der Waals surface area contributed by atoms with E-state index in [-0.39, 0.29) is 82.3 Å². The second-order valence-electron chi connectivity index (χ2n) is 34.0. The molecule has 47 heteroatoms. The SMILES string of the molecule is CCCC[C@H]1C(=O)N(C)[C@@H](CCCC)C(=O)N[C@@H](CCCNC(=N)N)C(=O)NC(C(=O)NCC(N)=O)CSCC(=O)N[C@@H](Cc2ccc(O)cc2)C(=O)N(C)[C@@H](C)C(=O)N[C@@H](CC(N)=O)C(=O)N2CCC[C@H]2C(=O)N[C@@H](Cc2cnc[nH]2)C(=O)N[C@@H](CC(N)=O)C(=O)N2C[C@H](O)C[C@H]2C(=O)N[C@@H](Cc2c[nH]c3ccccc23)C(=O)N[C@@H](CO)C(=O)N[C@@H](Cc2c[nH]c3ccccc23)C(=O)N1C. The molecule has 18 amide bonds. The number of nitrogens with two attached hydrogens (primary N) is 4. The Morgan fingerprint density at radius 2 is 1.04 bits per heavy atom. The van der Waals surface area contributed by atoms with Crippen LogP contribution >= 0.6 is 11.8 Å². The number of para-hydroxylation sites is 2. The first-order chi connectivity index (χ1) is 64.8. The largest absolute Gasteiger partial charge is 0.508 e. The normalized spacial score (nSPS) is 24.6. The molecule has 3 aromatic heterocycles. The number of carbonyl (C=O) groups is 18. The third-order valence-corrected chi connectivity index (χ3v) is 25.1. The number of benzene rings is 3. The van der Waals surface area contributed by atoms with E-state index in [9.17, 15) is 68.1 Å². The van der Waals surface area contributed by atoms with E-state index in [2.05, 4.69) is 78.4 Å². The fourth-order valence-electron chi connectivity index (χ4n) is 16.5. The number of aliphatic hydroxyl groups excluding tert-OH is 2. The number of aromatic nitrogens is 4. The number of likely N-dealkylation sites (N-methyl/N-ethyl adjacent to an activating group) is 3. The number of imidazole rings is 1. The van der Waals surface area contributed by atoms with Crippen LogP contribution in [-0.4, -0.2) is 328 Å². The summed E-state index contributed by atoms with van der Waals surface area (Å²) < 4.78 is 0. The van der Waals surface area contributed by atoms with Crippen molar-refractivity contribution in [2.75, 3.05) is 65.4 Å². The van der Waals surface area contributed by atoms with Gasteiger partial charge >= 0.3 is 0 Å². The maximum absolute atomic E-state index is 15.7. The van der Waals surface area contributed by atoms with Crippen LogP contribution in [-0.2, 0) is 112 Å². The van der Waals surface area contributed by atoms with Gasteiger partial charge < -0.3 is 136 Å². The molecule has 6 aromatic rings. The van der Waals surface area contributed by atoms with Crippen molar-refractivity contribution in [2.24, 2.45) is 22.9 Å². The zero-order valence-corrected chi connectivity index (χ0v) is 77.3. The summed E-state index contributed by atoms with van der Waals surface area (Å²) >= 11 is 0.746. The lowest BCUT2D eigenvalue weighted by Crippen LogP contribution is -2.62. The molecule has 0 bridgehead atoms. The molecule has 1 unspecified atom stereocenters. The molecule has 3 saturated heterocycles. The second kappa shape index (κ2) is 50.2. The van der Waals surface area contributed by atoms with Crippen molar-refractivity contribution in [3.63, 3.8) is 0 Å². The number of nitrogens with one attached hydrogen (secondary N) is 15. The number of guanidine groups is 1. The van der Waals surface area contributed by atoms with Crippen molar-refractivity contribution in [1.82, 2.24) is 103 Å². The molecule has 0 saturated carbocycles. The standard InChI is InChI=1S/C89H123N25O21S/c1-7-9-22-67-81(128)102-58(21-15-29-96-89(93)94)77(124)109-66(76(123)99-41-73(92)120)44-136-45-74(121)101-61(31-48-25-27-52(116)28-26-48)84(131)110(4)47(3)75(122)105-63(36-71(90)118)86(133)113-30-16-24-68(113)82(129)104-60(34-51-40-95-46-100-51)79(126)107-64(37-72(91)119)87(134)114-42-53(117)35-70(114)83(130)103-59(32-49-38-97-56-19-13-11-17-54(49)56)78(125)108-65(43-115)80(127)106-62(33-50-39-98-57-20-14-12-18-55(50)57)85(132)112(6)69(23-10-8-2)88(135)111(67)5/h11-14,17-20,25-28,38-40,46-47,53,58-70,97-98,115-117H,7-10,15-16,21-24,29-37,41-45H2,1-6H3,(H2,90,118)(H2,91,119)(H2,92,120)(H,95,100)(H,99,123)(H,101,121)(H,102,128)(H,103,130)(H,104,129)(H,105,122)(H,106,127)(H,107,126)(H,108,125)(H,109,124)(H4,93,94,96)/t47-,53+,58-,59-,60-,61-,62-,63-,64-,65-,66?,67-,68-,69-,70-/m0/s1. The number of unbranched alkanes of at least 4 members (excludes halogenated alkanes) is 2. The van der Waals surface area contributed by atoms with Gasteiger partial charge in [-0.2, -0.15) is 0 Å². The number of fused-ring (bicyclic) bond motifs is 4. The molecule has 46 nitrogen and oxygen atoms in total. The highest BCUT2D eigenvalue weighted by molar-refractivity contribution is 8.00. The van der Waals surface area contributed by atoms with Crippen LogP contribution in [0.3, 0.4) is 0 Å². The Balaban J connectivity index is 1.10. The summed E-state index contributed by atoms with van der Waals surface area (Å²) in [5.41, 5.74) is 25.2. The summed E-state index contributed by atoms with van der Waals surface area (Å²) in [7, 11) is 3.84. The minimum absolute atomic E-state index is 0.0225. The smallest absolute Gasteiger partial charge is 0.246 e. The van der Waals surface area contributed by atoms with Crippen LogP contribution < -0.4 is 81.4 Å². The first kappa shape index (κ1) is 105. The van der Waals surface area contributed by atoms with Crippen LogP contribution in [0.2, 0.25) is 0 Å². The van der Waals surface area contributed by atoms with E-state index in [4.69, 9.17) is 28.3 Å². The Labute approximate surface area is 786 Å². The van der Waals surface area contributed by atoms with Crippen LogP contribution in [0, 0.1) is 5.41 Å². The summed E-state index contributed by atoms with van der Waals surface area (Å²) in [6, 6.07) is -3.70. The number of aromatic hydroxyl groups is 1. The van der Waals surface area contributed by atoms with Crippen LogP contribution in [0.5, 0.6) is 5.75 Å². The summed E-state index contributed by atoms with van der Waals surface area (Å²) in [6.07, 6.45) is 1.86. The van der Waals surface area contributed by atoms with Gasteiger partial charge in [0.05, 0.1) is 44.2 Å². The molecule has 0 spiro atoms. The minimum atomic E-state index is -1.97. The number of aliphatic hydroxyl groups is 2. The Morgan fingerprint density at radius 3 is 1.62 bits per heavy atom. The number of aromatic amines is 3. The number of thioether (sulfide) groups is 1. The quantitative estimate of drug-likeness (QED) is 0.0137. The van der Waals surface area contributed by atoms with Gasteiger partial charge in [0, 0.05) is 125 Å². The molecule has 3 fully saturated rings. The Bertz CT molecular complexity index is 5310. The molecule has 3 aliphatic rings. The first-order valence-electron chi connectivity index (χ1n) is 44.9. The lowest BCUT2D eigenvalue weighted by Gasteiger charge is -2.36. The van der Waals surface area contributed by atoms with Crippen molar-refractivity contribution in [3.8, 4) is 5.75 Å². The molecule has 3 aliphatic heterocycles. The van der Waals surface area contributed by atoms with Crippen molar-refractivity contribution in [2.45, 2.75) is 221 Å². The van der Waals surface area contributed by atoms with E-state index in [1.54, 1.807) is 60.9 Å². The van der Waals surface area contributed by atoms with Crippen molar-refractivity contribution >= 4 is 146 Å². The number of rotatable bonds is 26. The number of primary amides is 3. The lowest BCUT2D eigenvalue weighted by molar-refractivity contribution is -0.149. The first-order valence-corrected chi connectivity index (χ1v) is 46.0. The monoisotopic (exact) mass is 1910 g/mol. The molecular formula is C89H123N25O21S. The van der Waals surface area contributed by atoms with E-state index in [0.717, 1.165) is 36.3 Å². The fourth-order valence-corrected chi connectivity index (χ4v) is 17.4. The highest BCUT2D eigenvalue weighted by atomic mass is 32.2. The van der Waals surface area contributed by atoms with Crippen molar-refractivity contribution < 1.29 is 102 Å². The molecule has 26 N–H and O–H groups in total. The Kier molecular flexibility index (Phi) is 38.9. The van der Waals surface area contributed by atoms with Gasteiger partial charge in [0.25, 0.3) is 0 Å². The van der Waals surface area contributed by atoms with Crippen LogP contribution in [0.25, 0.3) is 21.8 Å². The minimum Gasteiger partial charge on any atom is -0.508 e. The summed E-state index contributed by atoms with van der Waals surface area (Å²) in [5.74, 6) is -20.0. The van der Waals surface area contributed by atoms with Gasteiger partial charge in [-0.15, -0.1) is 11.8 Å². The zero-order valence-electron chi connectivity index (χ0n) is 76.5. The molecule has 15 atom stereocenters. The number of phenolic OH excluding ortho intramolecular Hbond substituents is 1. The van der Waals surface area contributed by atoms with Crippen molar-refractivity contribution in [3.05, 3.63) is 120 Å². The predicted octanol–water partition coefficient (Wildman–Crippen LogP) is -5.10. The number of hydrogen-bond acceptors (Lipinski definition) is 24. The van der Waals surface area contributed by atoms with Gasteiger partial charge in [-0.25, -0.2) is 4.98 Å². The zero-order chi connectivity index (χ0) is 99.3. The van der Waals surface area contributed by atoms with E-state index in [1.165, 1.54) is 64.9 Å². The van der Waals surface area contributed by atoms with Gasteiger partial charge in [0.2, 0.25) is 106 Å². The van der Waals surface area contributed by atoms with E-state index >= 15 is 33.6 Å². The van der Waals surface area contributed by atoms with Gasteiger partial charge in [0.15, 0.2) is 5.96 Å². The molecule has 0 radical (unpaired) electrons. The molecular weight excluding hydrogens is 1790 g/mol. The number of nitrogens with zero attached hydrogens (tertiary/aromatic N) is 6. The van der Waals surface area contributed by atoms with Crippen LogP contribution in [0.1, 0.15) is 127 Å². The van der Waals surface area contributed by atoms with Gasteiger partial charge in [-0.1, -0.05) is 88.1 Å². The van der Waals surface area contributed by atoms with E-state index < -0.39 is 260 Å². The maximum atomic E-state index is 15.7. The summed E-state index contributed by atoms with van der Waals surface area (Å²) in [6.45, 7) is 2.19. The maximum Gasteiger partial charge on any atom is 0.246 e. The number of H-pyrrole nitrogens is 3. The molecule has 136 heavy (non-hydrogen) atoms. The summed E-state index contributed by atoms with van der Waals surface area (Å²) in [5, 5.41) is 70.2. The topological polar surface area (TPSA) is 705 Å². The predicted molar refractivity (Wildman–Crippen MR) is 494 cm³/mol. The average Bonchev–Trinajstić information content (AvgIpc) is 1.53. The average molecular weight is 1910 g/mol. The van der Waals surface area contributed by atoms with E-state index in [0.29, 0.717) is 64.2 Å². The number of amides is 18. The third-order valence-electron chi connectivity index (χ3n) is 24.0.